The van der Waals surface area contributed by atoms with Crippen LogP contribution in [0.4, 0.5) is 4.79 Å². The molecule has 1 heterocycles. The van der Waals surface area contributed by atoms with Gasteiger partial charge < -0.3 is 29.1 Å². The molecule has 2 amide bonds. The standard InChI is InChI=1S/C23H40N2O8/c1-10-16(31-20(30-9)24-14(2)27)12-17-15(13-26)11-18(19(28)32-22(3,4)5)25(17)21(29)33-23(6,7)8/h13,15-18,20H,10-12H2,1-9H3,(H,24,27)/t15-,16-,17+,18?,20?/m0/s1. The van der Waals surface area contributed by atoms with Crippen LogP contribution in [0.3, 0.4) is 0 Å². The van der Waals surface area contributed by atoms with Crippen LogP contribution in [0.2, 0.25) is 0 Å². The molecule has 0 bridgehead atoms. The zero-order valence-electron chi connectivity index (χ0n) is 21.3. The molecule has 1 aliphatic heterocycles. The Labute approximate surface area is 196 Å². The van der Waals surface area contributed by atoms with E-state index >= 15 is 0 Å². The van der Waals surface area contributed by atoms with E-state index in [2.05, 4.69) is 5.32 Å². The number of amides is 2. The van der Waals surface area contributed by atoms with Gasteiger partial charge in [0, 0.05) is 26.0 Å². The zero-order valence-corrected chi connectivity index (χ0v) is 21.3. The number of nitrogens with one attached hydrogen (secondary N) is 1. The summed E-state index contributed by atoms with van der Waals surface area (Å²) < 4.78 is 22.1. The van der Waals surface area contributed by atoms with Gasteiger partial charge in [0.2, 0.25) is 12.3 Å². The molecule has 0 spiro atoms. The summed E-state index contributed by atoms with van der Waals surface area (Å²) in [7, 11) is 1.39. The molecule has 0 aliphatic carbocycles. The van der Waals surface area contributed by atoms with Gasteiger partial charge in [0.15, 0.2) is 0 Å². The summed E-state index contributed by atoms with van der Waals surface area (Å²) in [5, 5.41) is 2.53. The second-order valence-electron chi connectivity index (χ2n) is 10.2. The number of likely N-dealkylation sites (tertiary alicyclic amines) is 1. The van der Waals surface area contributed by atoms with Gasteiger partial charge in [0.1, 0.15) is 23.5 Å². The summed E-state index contributed by atoms with van der Waals surface area (Å²) >= 11 is 0. The average Bonchev–Trinajstić information content (AvgIpc) is 3.02. The average molecular weight is 473 g/mol. The fraction of sp³-hybridized carbons (Fsp3) is 0.826. The Morgan fingerprint density at radius 3 is 2.09 bits per heavy atom. The molecule has 1 aliphatic rings. The highest BCUT2D eigenvalue weighted by Crippen LogP contribution is 2.35. The molecule has 1 saturated heterocycles. The fourth-order valence-corrected chi connectivity index (χ4v) is 3.63. The Kier molecular flexibility index (Phi) is 10.3. The van der Waals surface area contributed by atoms with Gasteiger partial charge in [-0.25, -0.2) is 9.59 Å². The van der Waals surface area contributed by atoms with Crippen molar-refractivity contribution in [1.29, 1.82) is 0 Å². The molecular formula is C23H40N2O8. The number of carbonyl (C=O) groups is 4. The van der Waals surface area contributed by atoms with E-state index in [0.717, 1.165) is 6.29 Å². The van der Waals surface area contributed by atoms with Crippen LogP contribution < -0.4 is 5.32 Å². The van der Waals surface area contributed by atoms with Gasteiger partial charge in [-0.2, -0.15) is 0 Å². The van der Waals surface area contributed by atoms with Crippen LogP contribution in [-0.4, -0.2) is 72.1 Å². The molecule has 10 nitrogen and oxygen atoms in total. The first-order valence-corrected chi connectivity index (χ1v) is 11.3. The Hall–Kier alpha value is -2.20. The number of ether oxygens (including phenoxy) is 4. The normalized spacial score (nSPS) is 22.9. The van der Waals surface area contributed by atoms with Crippen molar-refractivity contribution in [2.24, 2.45) is 5.92 Å². The molecule has 0 saturated carbocycles. The Morgan fingerprint density at radius 2 is 1.67 bits per heavy atom. The topological polar surface area (TPSA) is 120 Å². The van der Waals surface area contributed by atoms with Crippen LogP contribution in [0.25, 0.3) is 0 Å². The summed E-state index contributed by atoms with van der Waals surface area (Å²) in [6.07, 6.45) is -0.540. The van der Waals surface area contributed by atoms with Crippen molar-refractivity contribution >= 4 is 24.3 Å². The number of rotatable bonds is 9. The maximum absolute atomic E-state index is 13.2. The molecule has 1 rings (SSSR count). The number of aldehydes is 1. The first kappa shape index (κ1) is 28.8. The number of methoxy groups -OCH3 is 1. The van der Waals surface area contributed by atoms with Crippen LogP contribution in [0, 0.1) is 5.92 Å². The fourth-order valence-electron chi connectivity index (χ4n) is 3.63. The lowest BCUT2D eigenvalue weighted by molar-refractivity contribution is -0.182. The molecule has 5 atom stereocenters. The number of hydrogen-bond donors (Lipinski definition) is 1. The van der Waals surface area contributed by atoms with E-state index in [1.165, 1.54) is 18.9 Å². The SMILES string of the molecule is CC[C@@H](C[C@@H]1[C@H](C=O)CC(C(=O)OC(C)(C)C)N1C(=O)OC(C)(C)C)OC(NC(C)=O)OC. The van der Waals surface area contributed by atoms with Crippen molar-refractivity contribution in [3.63, 3.8) is 0 Å². The van der Waals surface area contributed by atoms with Gasteiger partial charge in [-0.3, -0.25) is 9.69 Å². The quantitative estimate of drug-likeness (QED) is 0.309. The van der Waals surface area contributed by atoms with Crippen LogP contribution in [0.1, 0.15) is 74.7 Å². The van der Waals surface area contributed by atoms with Gasteiger partial charge >= 0.3 is 12.1 Å². The summed E-state index contributed by atoms with van der Waals surface area (Å²) in [5.74, 6) is -1.54. The van der Waals surface area contributed by atoms with E-state index in [4.69, 9.17) is 18.9 Å². The highest BCUT2D eigenvalue weighted by molar-refractivity contribution is 5.84. The van der Waals surface area contributed by atoms with Crippen LogP contribution in [0.5, 0.6) is 0 Å². The second-order valence-corrected chi connectivity index (χ2v) is 10.2. The summed E-state index contributed by atoms with van der Waals surface area (Å²) in [6.45, 7) is 13.6. The lowest BCUT2D eigenvalue weighted by Crippen LogP contribution is -2.50. The summed E-state index contributed by atoms with van der Waals surface area (Å²) in [6, 6.07) is -1.62. The van der Waals surface area contributed by atoms with E-state index < -0.39 is 53.8 Å². The number of hydrogen-bond acceptors (Lipinski definition) is 8. The number of nitrogens with zero attached hydrogens (tertiary/aromatic N) is 1. The van der Waals surface area contributed by atoms with Gasteiger partial charge in [-0.15, -0.1) is 0 Å². The zero-order chi connectivity index (χ0) is 25.6. The second kappa shape index (κ2) is 11.8. The van der Waals surface area contributed by atoms with E-state index in [1.54, 1.807) is 41.5 Å². The third-order valence-electron chi connectivity index (χ3n) is 4.95. The highest BCUT2D eigenvalue weighted by atomic mass is 16.7. The maximum Gasteiger partial charge on any atom is 0.411 e. The third-order valence-corrected chi connectivity index (χ3v) is 4.95. The van der Waals surface area contributed by atoms with E-state index in [0.29, 0.717) is 6.42 Å². The first-order chi connectivity index (χ1) is 15.1. The Morgan fingerprint density at radius 1 is 1.09 bits per heavy atom. The molecule has 2 unspecified atom stereocenters. The highest BCUT2D eigenvalue weighted by Gasteiger charge is 2.50. The smallest absolute Gasteiger partial charge is 0.411 e. The monoisotopic (exact) mass is 472 g/mol. The minimum absolute atomic E-state index is 0.123. The molecule has 10 heteroatoms. The molecule has 1 N–H and O–H groups in total. The molecule has 1 fully saturated rings. The largest absolute Gasteiger partial charge is 0.458 e. The lowest BCUT2D eigenvalue weighted by Gasteiger charge is -2.35. The summed E-state index contributed by atoms with van der Waals surface area (Å²) in [4.78, 5) is 50.8. The van der Waals surface area contributed by atoms with Crippen molar-refractivity contribution in [1.82, 2.24) is 10.2 Å². The molecule has 190 valence electrons. The van der Waals surface area contributed by atoms with Gasteiger partial charge in [-0.1, -0.05) is 6.92 Å². The van der Waals surface area contributed by atoms with Crippen LogP contribution in [0.15, 0.2) is 0 Å². The van der Waals surface area contributed by atoms with Crippen molar-refractivity contribution in [3.8, 4) is 0 Å². The molecule has 0 radical (unpaired) electrons. The van der Waals surface area contributed by atoms with Gasteiger partial charge in [0.25, 0.3) is 0 Å². The van der Waals surface area contributed by atoms with Crippen molar-refractivity contribution in [2.75, 3.05) is 7.11 Å². The van der Waals surface area contributed by atoms with E-state index in [-0.39, 0.29) is 18.7 Å². The maximum atomic E-state index is 13.2. The molecule has 0 aromatic carbocycles. The number of esters is 1. The van der Waals surface area contributed by atoms with Gasteiger partial charge in [0.05, 0.1) is 6.10 Å². The van der Waals surface area contributed by atoms with Crippen molar-refractivity contribution in [2.45, 2.75) is 110 Å². The Bertz CT molecular complexity index is 698. The molecular weight excluding hydrogens is 432 g/mol. The first-order valence-electron chi connectivity index (χ1n) is 11.3. The predicted molar refractivity (Wildman–Crippen MR) is 120 cm³/mol. The number of carbonyl (C=O) groups excluding carboxylic acids is 4. The lowest BCUT2D eigenvalue weighted by atomic mass is 9.95. The van der Waals surface area contributed by atoms with Crippen molar-refractivity contribution in [3.05, 3.63) is 0 Å². The minimum Gasteiger partial charge on any atom is -0.458 e. The molecule has 33 heavy (non-hydrogen) atoms. The Balaban J connectivity index is 3.24. The van der Waals surface area contributed by atoms with Crippen LogP contribution in [-0.2, 0) is 33.3 Å². The molecule has 0 aromatic heterocycles. The summed E-state index contributed by atoms with van der Waals surface area (Å²) in [5.41, 5.74) is -1.56. The predicted octanol–water partition coefficient (Wildman–Crippen LogP) is 2.77. The van der Waals surface area contributed by atoms with Crippen molar-refractivity contribution < 1.29 is 38.1 Å². The molecule has 0 aromatic rings. The van der Waals surface area contributed by atoms with E-state index in [1.807, 2.05) is 6.92 Å². The third kappa shape index (κ3) is 9.29. The van der Waals surface area contributed by atoms with Gasteiger partial charge in [-0.05, 0) is 60.8 Å². The van der Waals surface area contributed by atoms with Crippen LogP contribution >= 0.6 is 0 Å². The van der Waals surface area contributed by atoms with E-state index in [9.17, 15) is 19.2 Å². The minimum atomic E-state index is -0.986.